The zero-order valence-electron chi connectivity index (χ0n) is 13.6. The molecule has 0 aliphatic heterocycles. The first-order valence-corrected chi connectivity index (χ1v) is 8.06. The second-order valence-corrected chi connectivity index (χ2v) is 5.99. The second-order valence-electron chi connectivity index (χ2n) is 5.99. The molecule has 1 amide bonds. The largest absolute Gasteiger partial charge is 0.452 e. The Kier molecular flexibility index (Phi) is 4.84. The van der Waals surface area contributed by atoms with E-state index in [1.54, 1.807) is 29.2 Å². The molecule has 25 heavy (non-hydrogen) atoms. The van der Waals surface area contributed by atoms with Gasteiger partial charge in [0.25, 0.3) is 5.91 Å². The van der Waals surface area contributed by atoms with E-state index in [1.807, 2.05) is 0 Å². The maximum Gasteiger partial charge on any atom is 0.374 e. The lowest BCUT2D eigenvalue weighted by Crippen LogP contribution is -2.46. The number of hydrogen-bond acceptors (Lipinski definition) is 6. The molecule has 2 heterocycles. The van der Waals surface area contributed by atoms with E-state index >= 15 is 0 Å². The molecule has 130 valence electrons. The number of amides is 1. The number of nitriles is 1. The minimum absolute atomic E-state index is 0.0193. The molecule has 1 N–H and O–H groups in total. The van der Waals surface area contributed by atoms with Gasteiger partial charge in [-0.3, -0.25) is 9.48 Å². The predicted molar refractivity (Wildman–Crippen MR) is 85.3 cm³/mol. The molecule has 1 saturated carbocycles. The van der Waals surface area contributed by atoms with Gasteiger partial charge in [-0.2, -0.15) is 10.4 Å². The average molecular weight is 342 g/mol. The molecular weight excluding hydrogens is 324 g/mol. The highest BCUT2D eigenvalue weighted by Gasteiger charge is 2.35. The number of carbonyl (C=O) groups is 2. The van der Waals surface area contributed by atoms with Crippen molar-refractivity contribution in [2.45, 2.75) is 37.8 Å². The first kappa shape index (κ1) is 16.8. The predicted octanol–water partition coefficient (Wildman–Crippen LogP) is 1.63. The summed E-state index contributed by atoms with van der Waals surface area (Å²) in [5, 5.41) is 15.9. The van der Waals surface area contributed by atoms with Gasteiger partial charge in [-0.1, -0.05) is 0 Å². The Labute approximate surface area is 144 Å². The third-order valence-electron chi connectivity index (χ3n) is 4.12. The summed E-state index contributed by atoms with van der Waals surface area (Å²) in [7, 11) is 0. The topological polar surface area (TPSA) is 110 Å². The van der Waals surface area contributed by atoms with Gasteiger partial charge in [-0.15, -0.1) is 0 Å². The monoisotopic (exact) mass is 342 g/mol. The van der Waals surface area contributed by atoms with Crippen LogP contribution in [0.15, 0.2) is 35.0 Å². The Morgan fingerprint density at radius 2 is 2.20 bits per heavy atom. The second kappa shape index (κ2) is 7.21. The molecule has 8 heteroatoms. The SMILES string of the molecule is N#CC1(NC(=O)COC(=O)c2ccc(Cn3cccn3)o2)CCCC1. The number of esters is 1. The summed E-state index contributed by atoms with van der Waals surface area (Å²) in [5.41, 5.74) is -0.828. The van der Waals surface area contributed by atoms with Crippen LogP contribution in [0.2, 0.25) is 0 Å². The zero-order valence-corrected chi connectivity index (χ0v) is 13.6. The van der Waals surface area contributed by atoms with E-state index in [-0.39, 0.29) is 5.76 Å². The van der Waals surface area contributed by atoms with Crippen molar-refractivity contribution in [1.29, 1.82) is 5.26 Å². The van der Waals surface area contributed by atoms with Crippen molar-refractivity contribution in [2.24, 2.45) is 0 Å². The van der Waals surface area contributed by atoms with E-state index in [2.05, 4.69) is 16.5 Å². The zero-order chi connectivity index (χ0) is 17.7. The highest BCUT2D eigenvalue weighted by molar-refractivity contribution is 5.89. The van der Waals surface area contributed by atoms with Crippen molar-refractivity contribution in [1.82, 2.24) is 15.1 Å². The summed E-state index contributed by atoms with van der Waals surface area (Å²) in [6.45, 7) is -0.0527. The van der Waals surface area contributed by atoms with Gasteiger partial charge in [-0.25, -0.2) is 4.79 Å². The summed E-state index contributed by atoms with van der Waals surface area (Å²) in [6, 6.07) is 7.09. The number of ether oxygens (including phenoxy) is 1. The van der Waals surface area contributed by atoms with Gasteiger partial charge in [0.15, 0.2) is 6.61 Å². The van der Waals surface area contributed by atoms with E-state index in [4.69, 9.17) is 9.15 Å². The van der Waals surface area contributed by atoms with Crippen molar-refractivity contribution < 1.29 is 18.7 Å². The Bertz CT molecular complexity index is 782. The number of aromatic nitrogens is 2. The molecule has 2 aromatic rings. The third-order valence-corrected chi connectivity index (χ3v) is 4.12. The standard InChI is InChI=1S/C17H18N4O4/c18-12-17(6-1-2-7-17)20-15(22)11-24-16(23)14-5-4-13(25-14)10-21-9-3-8-19-21/h3-5,8-9H,1-2,6-7,10-11H2,(H,20,22). The van der Waals surface area contributed by atoms with Gasteiger partial charge in [0.2, 0.25) is 5.76 Å². The van der Waals surface area contributed by atoms with Gasteiger partial charge in [0.1, 0.15) is 11.3 Å². The average Bonchev–Trinajstić information content (AvgIpc) is 3.35. The molecule has 0 bridgehead atoms. The Morgan fingerprint density at radius 3 is 2.88 bits per heavy atom. The minimum Gasteiger partial charge on any atom is -0.452 e. The smallest absolute Gasteiger partial charge is 0.374 e. The number of nitrogens with one attached hydrogen (secondary N) is 1. The maximum absolute atomic E-state index is 12.0. The van der Waals surface area contributed by atoms with E-state index in [0.29, 0.717) is 25.1 Å². The first-order chi connectivity index (χ1) is 12.1. The van der Waals surface area contributed by atoms with E-state index in [9.17, 15) is 14.9 Å². The molecule has 0 radical (unpaired) electrons. The summed E-state index contributed by atoms with van der Waals surface area (Å²) in [6.07, 6.45) is 6.47. The molecule has 8 nitrogen and oxygen atoms in total. The van der Waals surface area contributed by atoms with Crippen LogP contribution >= 0.6 is 0 Å². The van der Waals surface area contributed by atoms with Crippen molar-refractivity contribution in [3.8, 4) is 6.07 Å². The lowest BCUT2D eigenvalue weighted by molar-refractivity contribution is -0.125. The van der Waals surface area contributed by atoms with Crippen molar-refractivity contribution in [3.63, 3.8) is 0 Å². The maximum atomic E-state index is 12.0. The fourth-order valence-electron chi connectivity index (χ4n) is 2.87. The molecule has 0 aromatic carbocycles. The van der Waals surface area contributed by atoms with Crippen LogP contribution in [0.25, 0.3) is 0 Å². The van der Waals surface area contributed by atoms with E-state index in [0.717, 1.165) is 12.8 Å². The number of rotatable bonds is 6. The molecule has 1 fully saturated rings. The molecular formula is C17H18N4O4. The van der Waals surface area contributed by atoms with E-state index in [1.165, 1.54) is 6.07 Å². The van der Waals surface area contributed by atoms with Crippen LogP contribution in [0.4, 0.5) is 0 Å². The van der Waals surface area contributed by atoms with Crippen LogP contribution in [-0.4, -0.2) is 33.8 Å². The minimum atomic E-state index is -0.828. The molecule has 2 aromatic heterocycles. The van der Waals surface area contributed by atoms with Gasteiger partial charge in [-0.05, 0) is 43.9 Å². The third kappa shape index (κ3) is 4.07. The van der Waals surface area contributed by atoms with Crippen molar-refractivity contribution in [2.75, 3.05) is 6.61 Å². The van der Waals surface area contributed by atoms with Crippen LogP contribution in [-0.2, 0) is 16.1 Å². The number of furan rings is 1. The quantitative estimate of drug-likeness (QED) is 0.799. The Morgan fingerprint density at radius 1 is 1.40 bits per heavy atom. The number of nitrogens with zero attached hydrogens (tertiary/aromatic N) is 3. The number of carbonyl (C=O) groups excluding carboxylic acids is 2. The van der Waals surface area contributed by atoms with Crippen LogP contribution in [0.3, 0.4) is 0 Å². The molecule has 0 spiro atoms. The Balaban J connectivity index is 1.50. The summed E-state index contributed by atoms with van der Waals surface area (Å²) in [4.78, 5) is 23.9. The molecule has 1 aliphatic carbocycles. The summed E-state index contributed by atoms with van der Waals surface area (Å²) in [5.74, 6) is -0.639. The lowest BCUT2D eigenvalue weighted by atomic mass is 10.00. The van der Waals surface area contributed by atoms with Crippen molar-refractivity contribution in [3.05, 3.63) is 42.1 Å². The molecule has 0 saturated heterocycles. The van der Waals surface area contributed by atoms with Crippen LogP contribution in [0.1, 0.15) is 42.0 Å². The fraction of sp³-hybridized carbons (Fsp3) is 0.412. The summed E-state index contributed by atoms with van der Waals surface area (Å²) < 4.78 is 12.0. The highest BCUT2D eigenvalue weighted by Crippen LogP contribution is 2.28. The van der Waals surface area contributed by atoms with Crippen molar-refractivity contribution >= 4 is 11.9 Å². The molecule has 0 atom stereocenters. The highest BCUT2D eigenvalue weighted by atomic mass is 16.5. The van der Waals surface area contributed by atoms with Crippen LogP contribution < -0.4 is 5.32 Å². The fourth-order valence-corrected chi connectivity index (χ4v) is 2.87. The normalized spacial score (nSPS) is 15.5. The van der Waals surface area contributed by atoms with Crippen LogP contribution in [0.5, 0.6) is 0 Å². The van der Waals surface area contributed by atoms with Gasteiger partial charge in [0, 0.05) is 12.4 Å². The first-order valence-electron chi connectivity index (χ1n) is 8.06. The lowest BCUT2D eigenvalue weighted by Gasteiger charge is -2.21. The van der Waals surface area contributed by atoms with Gasteiger partial charge >= 0.3 is 5.97 Å². The molecule has 1 aliphatic rings. The number of hydrogen-bond donors (Lipinski definition) is 1. The van der Waals surface area contributed by atoms with E-state index < -0.39 is 24.0 Å². The Hall–Kier alpha value is -3.08. The van der Waals surface area contributed by atoms with Gasteiger partial charge in [0.05, 0.1) is 12.6 Å². The van der Waals surface area contributed by atoms with Gasteiger partial charge < -0.3 is 14.5 Å². The summed E-state index contributed by atoms with van der Waals surface area (Å²) >= 11 is 0. The molecule has 0 unspecified atom stereocenters. The molecule has 3 rings (SSSR count). The van der Waals surface area contributed by atoms with Crippen LogP contribution in [0, 0.1) is 11.3 Å².